The summed E-state index contributed by atoms with van der Waals surface area (Å²) in [6.07, 6.45) is 0. The van der Waals surface area contributed by atoms with Crippen LogP contribution in [0.2, 0.25) is 0 Å². The van der Waals surface area contributed by atoms with E-state index in [9.17, 15) is 0 Å². The number of hydrogen-bond donors (Lipinski definition) is 0. The maximum Gasteiger partial charge on any atom is 0.137 e. The minimum Gasteiger partial charge on any atom is -0.456 e. The Morgan fingerprint density at radius 3 is 1.80 bits per heavy atom. The van der Waals surface area contributed by atoms with Crippen LogP contribution in [0.15, 0.2) is 192 Å². The molecule has 0 saturated carbocycles. The molecular formula is C48H31NO. The van der Waals surface area contributed by atoms with Crippen LogP contribution >= 0.6 is 0 Å². The largest absolute Gasteiger partial charge is 0.456 e. The van der Waals surface area contributed by atoms with Gasteiger partial charge in [0.25, 0.3) is 0 Å². The molecule has 10 aromatic rings. The molecule has 0 fully saturated rings. The van der Waals surface area contributed by atoms with E-state index in [2.05, 4.69) is 193 Å². The van der Waals surface area contributed by atoms with Crippen LogP contribution in [0.25, 0.3) is 76.5 Å². The summed E-state index contributed by atoms with van der Waals surface area (Å²) in [4.78, 5) is 2.43. The van der Waals surface area contributed by atoms with E-state index in [4.69, 9.17) is 4.42 Å². The molecule has 0 N–H and O–H groups in total. The Labute approximate surface area is 290 Å². The Kier molecular flexibility index (Phi) is 6.53. The number of rotatable bonds is 5. The molecule has 0 aliphatic carbocycles. The van der Waals surface area contributed by atoms with Crippen molar-refractivity contribution in [2.24, 2.45) is 0 Å². The van der Waals surface area contributed by atoms with Gasteiger partial charge in [-0.05, 0) is 79.8 Å². The summed E-state index contributed by atoms with van der Waals surface area (Å²) >= 11 is 0. The first-order valence-corrected chi connectivity index (χ1v) is 17.1. The second-order valence-electron chi connectivity index (χ2n) is 12.9. The summed E-state index contributed by atoms with van der Waals surface area (Å²) in [6, 6.07) is 67.6. The summed E-state index contributed by atoms with van der Waals surface area (Å²) < 4.78 is 6.65. The smallest absolute Gasteiger partial charge is 0.137 e. The van der Waals surface area contributed by atoms with E-state index >= 15 is 0 Å². The molecule has 234 valence electrons. The second-order valence-corrected chi connectivity index (χ2v) is 12.9. The Bertz CT molecular complexity index is 2880. The zero-order valence-electron chi connectivity index (χ0n) is 27.3. The lowest BCUT2D eigenvalue weighted by Gasteiger charge is -2.31. The highest BCUT2D eigenvalue weighted by Gasteiger charge is 2.24. The fourth-order valence-electron chi connectivity index (χ4n) is 7.70. The fourth-order valence-corrected chi connectivity index (χ4v) is 7.70. The van der Waals surface area contributed by atoms with E-state index in [-0.39, 0.29) is 0 Å². The van der Waals surface area contributed by atoms with Crippen molar-refractivity contribution >= 4 is 71.3 Å². The Balaban J connectivity index is 1.30. The molecule has 2 nitrogen and oxygen atoms in total. The van der Waals surface area contributed by atoms with Gasteiger partial charge in [0, 0.05) is 33.7 Å². The SMILES string of the molecule is c1ccc(-c2ccccc2N(c2ccc3c(c2)oc2cc4ccccc4cc23)c2ccc3ccccc3c2-c2cccc3ccccc23)cc1. The molecule has 0 amide bonds. The molecule has 0 bridgehead atoms. The predicted molar refractivity (Wildman–Crippen MR) is 212 cm³/mol. The number of para-hydroxylation sites is 1. The summed E-state index contributed by atoms with van der Waals surface area (Å²) in [5, 5.41) is 9.48. The van der Waals surface area contributed by atoms with Crippen molar-refractivity contribution in [3.63, 3.8) is 0 Å². The van der Waals surface area contributed by atoms with Gasteiger partial charge in [0.05, 0.1) is 11.4 Å². The van der Waals surface area contributed by atoms with Crippen LogP contribution in [-0.2, 0) is 0 Å². The van der Waals surface area contributed by atoms with E-state index in [1.165, 1.54) is 43.4 Å². The lowest BCUT2D eigenvalue weighted by molar-refractivity contribution is 0.669. The molecule has 0 aliphatic rings. The van der Waals surface area contributed by atoms with Crippen molar-refractivity contribution < 1.29 is 4.42 Å². The summed E-state index contributed by atoms with van der Waals surface area (Å²) in [7, 11) is 0. The lowest BCUT2D eigenvalue weighted by atomic mass is 9.91. The molecule has 1 heterocycles. The van der Waals surface area contributed by atoms with Gasteiger partial charge in [0.2, 0.25) is 0 Å². The molecule has 9 aromatic carbocycles. The van der Waals surface area contributed by atoms with Gasteiger partial charge in [-0.15, -0.1) is 0 Å². The highest BCUT2D eigenvalue weighted by molar-refractivity contribution is 6.14. The van der Waals surface area contributed by atoms with Crippen LogP contribution in [0.1, 0.15) is 0 Å². The normalized spacial score (nSPS) is 11.6. The first-order chi connectivity index (χ1) is 24.8. The zero-order valence-corrected chi connectivity index (χ0v) is 27.3. The lowest BCUT2D eigenvalue weighted by Crippen LogP contribution is -2.12. The van der Waals surface area contributed by atoms with Gasteiger partial charge in [-0.2, -0.15) is 0 Å². The minimum atomic E-state index is 0.863. The van der Waals surface area contributed by atoms with Gasteiger partial charge < -0.3 is 9.32 Å². The third kappa shape index (κ3) is 4.57. The number of benzene rings is 9. The minimum absolute atomic E-state index is 0.863. The van der Waals surface area contributed by atoms with Crippen LogP contribution in [0, 0.1) is 0 Å². The van der Waals surface area contributed by atoms with Crippen molar-refractivity contribution in [2.75, 3.05) is 4.90 Å². The molecule has 10 rings (SSSR count). The van der Waals surface area contributed by atoms with Crippen LogP contribution in [0.5, 0.6) is 0 Å². The number of anilines is 3. The van der Waals surface area contributed by atoms with Gasteiger partial charge in [-0.25, -0.2) is 0 Å². The van der Waals surface area contributed by atoms with Crippen LogP contribution in [0.4, 0.5) is 17.1 Å². The van der Waals surface area contributed by atoms with Crippen molar-refractivity contribution in [3.8, 4) is 22.3 Å². The summed E-state index contributed by atoms with van der Waals surface area (Å²) in [5.41, 5.74) is 9.70. The Hall–Kier alpha value is -6.64. The third-order valence-electron chi connectivity index (χ3n) is 10.0. The quantitative estimate of drug-likeness (QED) is 0.187. The first kappa shape index (κ1) is 28.4. The topological polar surface area (TPSA) is 16.4 Å². The van der Waals surface area contributed by atoms with Crippen LogP contribution < -0.4 is 4.90 Å². The molecule has 0 saturated heterocycles. The molecule has 1 aromatic heterocycles. The third-order valence-corrected chi connectivity index (χ3v) is 10.0. The molecule has 0 atom stereocenters. The van der Waals surface area contributed by atoms with Crippen LogP contribution in [-0.4, -0.2) is 0 Å². The molecule has 0 radical (unpaired) electrons. The zero-order chi connectivity index (χ0) is 33.0. The van der Waals surface area contributed by atoms with Gasteiger partial charge in [-0.3, -0.25) is 0 Å². The standard InChI is InChI=1S/C48H31NO/c1-2-13-33(14-3-1)39-21-10-11-24-44(39)49(37-26-27-41-43-29-35-17-4-5-18-36(35)30-46(43)50-47(41)31-37)45-28-25-34-16-7-9-22-40(34)48(45)42-23-12-19-32-15-6-8-20-38(32)42/h1-31H. The van der Waals surface area contributed by atoms with Crippen molar-refractivity contribution in [2.45, 2.75) is 0 Å². The maximum absolute atomic E-state index is 6.65. The predicted octanol–water partition coefficient (Wildman–Crippen LogP) is 13.8. The van der Waals surface area contributed by atoms with Gasteiger partial charge in [0.1, 0.15) is 11.2 Å². The molecular weight excluding hydrogens is 607 g/mol. The van der Waals surface area contributed by atoms with E-state index in [0.717, 1.165) is 50.1 Å². The average molecular weight is 638 g/mol. The van der Waals surface area contributed by atoms with Crippen molar-refractivity contribution in [1.29, 1.82) is 0 Å². The molecule has 0 unspecified atom stereocenters. The van der Waals surface area contributed by atoms with Gasteiger partial charge >= 0.3 is 0 Å². The number of furan rings is 1. The molecule has 0 aliphatic heterocycles. The number of fused-ring (bicyclic) bond motifs is 6. The fraction of sp³-hybridized carbons (Fsp3) is 0. The summed E-state index contributed by atoms with van der Waals surface area (Å²) in [5.74, 6) is 0. The van der Waals surface area contributed by atoms with Crippen molar-refractivity contribution in [1.82, 2.24) is 0 Å². The monoisotopic (exact) mass is 637 g/mol. The van der Waals surface area contributed by atoms with E-state index in [1.807, 2.05) is 0 Å². The highest BCUT2D eigenvalue weighted by Crippen LogP contribution is 2.49. The Morgan fingerprint density at radius 1 is 0.340 bits per heavy atom. The average Bonchev–Trinajstić information content (AvgIpc) is 3.54. The highest BCUT2D eigenvalue weighted by atomic mass is 16.3. The Morgan fingerprint density at radius 2 is 0.960 bits per heavy atom. The molecule has 0 spiro atoms. The van der Waals surface area contributed by atoms with E-state index < -0.39 is 0 Å². The maximum atomic E-state index is 6.65. The second kappa shape index (κ2) is 11.5. The van der Waals surface area contributed by atoms with Crippen molar-refractivity contribution in [3.05, 3.63) is 188 Å². The molecule has 50 heavy (non-hydrogen) atoms. The van der Waals surface area contributed by atoms with E-state index in [0.29, 0.717) is 0 Å². The number of hydrogen-bond acceptors (Lipinski definition) is 2. The van der Waals surface area contributed by atoms with Gasteiger partial charge in [0.15, 0.2) is 0 Å². The van der Waals surface area contributed by atoms with Crippen LogP contribution in [0.3, 0.4) is 0 Å². The van der Waals surface area contributed by atoms with Gasteiger partial charge in [-0.1, -0.05) is 146 Å². The summed E-state index contributed by atoms with van der Waals surface area (Å²) in [6.45, 7) is 0. The molecule has 2 heteroatoms. The first-order valence-electron chi connectivity index (χ1n) is 17.1. The number of nitrogens with zero attached hydrogens (tertiary/aromatic N) is 1. The van der Waals surface area contributed by atoms with E-state index in [1.54, 1.807) is 0 Å².